The average molecular weight is 365 g/mol. The molecule has 1 aromatic rings. The molecule has 0 amide bonds. The van der Waals surface area contributed by atoms with Crippen LogP contribution in [0.2, 0.25) is 0 Å². The van der Waals surface area contributed by atoms with E-state index >= 15 is 0 Å². The van der Waals surface area contributed by atoms with E-state index in [0.29, 0.717) is 13.2 Å². The maximum absolute atomic E-state index is 5.56. The summed E-state index contributed by atoms with van der Waals surface area (Å²) >= 11 is 3.46. The van der Waals surface area contributed by atoms with E-state index in [1.165, 1.54) is 56.9 Å². The molecule has 0 aliphatic rings. The Labute approximate surface area is 145 Å². The van der Waals surface area contributed by atoms with Crippen molar-refractivity contribution < 1.29 is 4.74 Å². The van der Waals surface area contributed by atoms with Crippen LogP contribution in [-0.4, -0.2) is 6.61 Å². The van der Waals surface area contributed by atoms with Gasteiger partial charge in [-0.05, 0) is 24.1 Å². The Balaban J connectivity index is 1.91. The Kier molecular flexibility index (Phi) is 12.1. The molecule has 1 aromatic carbocycles. The lowest BCUT2D eigenvalue weighted by molar-refractivity contribution is 0.153. The smallest absolute Gasteiger partial charge is 0.108 e. The molecule has 0 aliphatic carbocycles. The number of hydrogen-bond donors (Lipinski definition) is 0. The third-order valence-corrected chi connectivity index (χ3v) is 4.11. The lowest BCUT2D eigenvalue weighted by atomic mass is 10.1. The molecule has 0 heterocycles. The van der Waals surface area contributed by atoms with Gasteiger partial charge in [-0.2, -0.15) is 0 Å². The molecule has 0 spiro atoms. The minimum absolute atomic E-state index is 0.531. The third kappa shape index (κ3) is 10.9. The highest BCUT2D eigenvalue weighted by Gasteiger charge is 1.93. The number of benzene rings is 1. The van der Waals surface area contributed by atoms with Gasteiger partial charge in [-0.3, -0.25) is 0 Å². The lowest BCUT2D eigenvalue weighted by Crippen LogP contribution is -1.92. The zero-order chi connectivity index (χ0) is 15.9. The van der Waals surface area contributed by atoms with Crippen LogP contribution in [0, 0.1) is 11.8 Å². The fourth-order valence-electron chi connectivity index (χ4n) is 2.33. The van der Waals surface area contributed by atoms with Crippen molar-refractivity contribution in [2.75, 3.05) is 6.61 Å². The summed E-state index contributed by atoms with van der Waals surface area (Å²) in [4.78, 5) is 0. The molecular weight excluding hydrogens is 336 g/mol. The van der Waals surface area contributed by atoms with Crippen molar-refractivity contribution in [2.45, 2.75) is 71.3 Å². The molecule has 0 unspecified atom stereocenters. The minimum Gasteiger partial charge on any atom is -0.364 e. The first-order valence-corrected chi connectivity index (χ1v) is 9.40. The van der Waals surface area contributed by atoms with Crippen LogP contribution in [0.25, 0.3) is 0 Å². The van der Waals surface area contributed by atoms with Crippen molar-refractivity contribution in [2.24, 2.45) is 0 Å². The molecule has 0 fully saturated rings. The van der Waals surface area contributed by atoms with Crippen LogP contribution in [0.15, 0.2) is 28.7 Å². The second-order valence-corrected chi connectivity index (χ2v) is 6.62. The van der Waals surface area contributed by atoms with Crippen molar-refractivity contribution in [3.63, 3.8) is 0 Å². The van der Waals surface area contributed by atoms with Crippen LogP contribution in [0.5, 0.6) is 0 Å². The highest BCUT2D eigenvalue weighted by Crippen LogP contribution is 2.12. The molecule has 0 saturated heterocycles. The molecule has 0 bridgehead atoms. The van der Waals surface area contributed by atoms with Gasteiger partial charge in [0, 0.05) is 10.9 Å². The summed E-state index contributed by atoms with van der Waals surface area (Å²) in [6.45, 7) is 3.43. The number of hydrogen-bond acceptors (Lipinski definition) is 1. The minimum atomic E-state index is 0.531. The van der Waals surface area contributed by atoms with E-state index in [2.05, 4.69) is 46.8 Å². The Bertz CT molecular complexity index is 445. The van der Waals surface area contributed by atoms with Crippen molar-refractivity contribution in [3.8, 4) is 11.8 Å². The molecule has 0 saturated carbocycles. The molecule has 0 radical (unpaired) electrons. The van der Waals surface area contributed by atoms with Gasteiger partial charge in [0.15, 0.2) is 0 Å². The van der Waals surface area contributed by atoms with Gasteiger partial charge in [-0.25, -0.2) is 0 Å². The normalized spacial score (nSPS) is 10.3. The van der Waals surface area contributed by atoms with E-state index in [0.717, 1.165) is 10.9 Å². The van der Waals surface area contributed by atoms with E-state index in [4.69, 9.17) is 4.74 Å². The maximum atomic E-state index is 5.56. The van der Waals surface area contributed by atoms with Gasteiger partial charge in [-0.15, -0.1) is 5.92 Å². The fourth-order valence-corrected chi connectivity index (χ4v) is 2.78. The quantitative estimate of drug-likeness (QED) is 0.321. The topological polar surface area (TPSA) is 9.23 Å². The first-order valence-electron chi connectivity index (χ1n) is 8.61. The standard InChI is InChI=1S/C20H29BrO/c1-2-3-4-5-6-7-8-9-10-11-12-16-22-18-19-14-13-15-20(21)17-19/h13-15,17H,2-10,16,18H2,1H3. The number of halogens is 1. The molecule has 0 aromatic heterocycles. The number of rotatable bonds is 11. The maximum Gasteiger partial charge on any atom is 0.108 e. The van der Waals surface area contributed by atoms with Gasteiger partial charge in [0.25, 0.3) is 0 Å². The summed E-state index contributed by atoms with van der Waals surface area (Å²) in [6.07, 6.45) is 11.9. The van der Waals surface area contributed by atoms with E-state index in [1.54, 1.807) is 0 Å². The summed E-state index contributed by atoms with van der Waals surface area (Å²) in [5.74, 6) is 6.32. The van der Waals surface area contributed by atoms with Gasteiger partial charge in [0.1, 0.15) is 6.61 Å². The molecular formula is C20H29BrO. The SMILES string of the molecule is CCCCCCCCCCC#CCOCc1cccc(Br)c1. The van der Waals surface area contributed by atoms with Gasteiger partial charge in [-0.1, -0.05) is 85.9 Å². The predicted molar refractivity (Wildman–Crippen MR) is 98.8 cm³/mol. The van der Waals surface area contributed by atoms with E-state index in [-0.39, 0.29) is 0 Å². The molecule has 1 nitrogen and oxygen atoms in total. The Hall–Kier alpha value is -0.780. The van der Waals surface area contributed by atoms with E-state index in [9.17, 15) is 0 Å². The third-order valence-electron chi connectivity index (χ3n) is 3.61. The second-order valence-electron chi connectivity index (χ2n) is 5.70. The summed E-state index contributed by atoms with van der Waals surface area (Å²) in [5, 5.41) is 0. The summed E-state index contributed by atoms with van der Waals surface area (Å²) < 4.78 is 6.65. The molecule has 1 rings (SSSR count). The Morgan fingerprint density at radius 1 is 0.955 bits per heavy atom. The van der Waals surface area contributed by atoms with Gasteiger partial charge >= 0.3 is 0 Å². The van der Waals surface area contributed by atoms with Crippen LogP contribution in [-0.2, 0) is 11.3 Å². The molecule has 0 atom stereocenters. The molecule has 22 heavy (non-hydrogen) atoms. The number of ether oxygens (including phenoxy) is 1. The van der Waals surface area contributed by atoms with Crippen LogP contribution < -0.4 is 0 Å². The molecule has 2 heteroatoms. The molecule has 0 N–H and O–H groups in total. The first-order chi connectivity index (χ1) is 10.8. The average Bonchev–Trinajstić information content (AvgIpc) is 2.52. The number of unbranched alkanes of at least 4 members (excludes halogenated alkanes) is 8. The fraction of sp³-hybridized carbons (Fsp3) is 0.600. The summed E-state index contributed by atoms with van der Waals surface area (Å²) in [6, 6.07) is 8.19. The van der Waals surface area contributed by atoms with Crippen LogP contribution >= 0.6 is 15.9 Å². The highest BCUT2D eigenvalue weighted by molar-refractivity contribution is 9.10. The van der Waals surface area contributed by atoms with Gasteiger partial charge < -0.3 is 4.74 Å². The summed E-state index contributed by atoms with van der Waals surface area (Å²) in [7, 11) is 0. The molecule has 0 aliphatic heterocycles. The lowest BCUT2D eigenvalue weighted by Gasteiger charge is -2.01. The first kappa shape index (κ1) is 19.3. The van der Waals surface area contributed by atoms with Crippen molar-refractivity contribution >= 4 is 15.9 Å². The highest BCUT2D eigenvalue weighted by atomic mass is 79.9. The van der Waals surface area contributed by atoms with Crippen LogP contribution in [0.1, 0.15) is 70.3 Å². The Morgan fingerprint density at radius 3 is 2.41 bits per heavy atom. The second kappa shape index (κ2) is 13.9. The van der Waals surface area contributed by atoms with E-state index < -0.39 is 0 Å². The van der Waals surface area contributed by atoms with E-state index in [1.807, 2.05) is 12.1 Å². The monoisotopic (exact) mass is 364 g/mol. The zero-order valence-corrected chi connectivity index (χ0v) is 15.5. The van der Waals surface area contributed by atoms with Gasteiger partial charge in [0.05, 0.1) is 6.61 Å². The summed E-state index contributed by atoms with van der Waals surface area (Å²) in [5.41, 5.74) is 1.18. The van der Waals surface area contributed by atoms with Crippen molar-refractivity contribution in [3.05, 3.63) is 34.3 Å². The Morgan fingerprint density at radius 2 is 1.68 bits per heavy atom. The largest absolute Gasteiger partial charge is 0.364 e. The predicted octanol–water partition coefficient (Wildman–Crippen LogP) is 6.50. The van der Waals surface area contributed by atoms with Crippen molar-refractivity contribution in [1.82, 2.24) is 0 Å². The van der Waals surface area contributed by atoms with Gasteiger partial charge in [0.2, 0.25) is 0 Å². The zero-order valence-electron chi connectivity index (χ0n) is 13.9. The van der Waals surface area contributed by atoms with Crippen LogP contribution in [0.3, 0.4) is 0 Å². The van der Waals surface area contributed by atoms with Crippen molar-refractivity contribution in [1.29, 1.82) is 0 Å². The molecule has 122 valence electrons. The van der Waals surface area contributed by atoms with Crippen LogP contribution in [0.4, 0.5) is 0 Å².